The summed E-state index contributed by atoms with van der Waals surface area (Å²) in [4.78, 5) is 11.6. The van der Waals surface area contributed by atoms with Crippen LogP contribution in [-0.4, -0.2) is 37.2 Å². The third-order valence-corrected chi connectivity index (χ3v) is 6.47. The molecule has 0 bridgehead atoms. The van der Waals surface area contributed by atoms with Crippen molar-refractivity contribution < 1.29 is 13.2 Å². The molecule has 1 N–H and O–H groups in total. The van der Waals surface area contributed by atoms with Crippen molar-refractivity contribution in [2.24, 2.45) is 5.41 Å². The van der Waals surface area contributed by atoms with E-state index >= 15 is 0 Å². The number of hydrogen-bond donors (Lipinski definition) is 1. The lowest BCUT2D eigenvalue weighted by Crippen LogP contribution is -2.40. The molecule has 4 nitrogen and oxygen atoms in total. The van der Waals surface area contributed by atoms with Crippen molar-refractivity contribution in [3.8, 4) is 0 Å². The van der Waals surface area contributed by atoms with Gasteiger partial charge in [-0.3, -0.25) is 4.79 Å². The van der Waals surface area contributed by atoms with Gasteiger partial charge < -0.3 is 5.32 Å². The number of halogens is 1. The van der Waals surface area contributed by atoms with E-state index < -0.39 is 15.7 Å². The molecule has 0 spiro atoms. The van der Waals surface area contributed by atoms with Gasteiger partial charge in [0, 0.05) is 11.4 Å². The highest BCUT2D eigenvalue weighted by molar-refractivity contribution is 9.09. The maximum Gasteiger partial charge on any atom is 0.235 e. The van der Waals surface area contributed by atoms with Crippen molar-refractivity contribution in [2.45, 2.75) is 52.0 Å². The molecule has 0 heterocycles. The molecule has 1 aliphatic rings. The predicted octanol–water partition coefficient (Wildman–Crippen LogP) is 2.27. The van der Waals surface area contributed by atoms with Gasteiger partial charge in [-0.05, 0) is 32.1 Å². The van der Waals surface area contributed by atoms with Crippen LogP contribution in [-0.2, 0) is 14.6 Å². The SMILES string of the molecule is CC(C)NC(=O)CS(=O)(=O)CC1(CBr)CCCCC1. The third-order valence-electron chi connectivity index (χ3n) is 3.52. The predicted molar refractivity (Wildman–Crippen MR) is 81.2 cm³/mol. The van der Waals surface area contributed by atoms with Crippen molar-refractivity contribution >= 4 is 31.7 Å². The van der Waals surface area contributed by atoms with E-state index in [-0.39, 0.29) is 23.0 Å². The summed E-state index contributed by atoms with van der Waals surface area (Å²) >= 11 is 3.46. The minimum atomic E-state index is -3.34. The van der Waals surface area contributed by atoms with Gasteiger partial charge in [0.25, 0.3) is 0 Å². The Hall–Kier alpha value is -0.100. The quantitative estimate of drug-likeness (QED) is 0.745. The summed E-state index contributed by atoms with van der Waals surface area (Å²) < 4.78 is 24.3. The molecule has 0 aromatic heterocycles. The van der Waals surface area contributed by atoms with Crippen LogP contribution in [0.5, 0.6) is 0 Å². The van der Waals surface area contributed by atoms with E-state index in [1.165, 1.54) is 6.42 Å². The summed E-state index contributed by atoms with van der Waals surface area (Å²) in [5.41, 5.74) is -0.171. The van der Waals surface area contributed by atoms with Crippen LogP contribution in [0.2, 0.25) is 0 Å². The van der Waals surface area contributed by atoms with E-state index in [0.29, 0.717) is 5.33 Å². The zero-order valence-corrected chi connectivity index (χ0v) is 14.1. The lowest BCUT2D eigenvalue weighted by Gasteiger charge is -2.35. The number of sulfone groups is 1. The maximum atomic E-state index is 12.2. The Bertz CT molecular complexity index is 400. The number of rotatable bonds is 6. The molecule has 1 aliphatic carbocycles. The van der Waals surface area contributed by atoms with E-state index in [1.54, 1.807) is 0 Å². The molecule has 0 atom stereocenters. The van der Waals surface area contributed by atoms with Gasteiger partial charge in [0.2, 0.25) is 5.91 Å². The molecule has 0 aliphatic heterocycles. The molecule has 1 rings (SSSR count). The first-order valence-corrected chi connectivity index (χ1v) is 9.79. The second kappa shape index (κ2) is 7.07. The fraction of sp³-hybridized carbons (Fsp3) is 0.923. The number of nitrogens with one attached hydrogen (secondary N) is 1. The monoisotopic (exact) mass is 353 g/mol. The summed E-state index contributed by atoms with van der Waals surface area (Å²) in [6.07, 6.45) is 5.22. The van der Waals surface area contributed by atoms with E-state index in [0.717, 1.165) is 25.7 Å². The first-order chi connectivity index (χ1) is 8.79. The van der Waals surface area contributed by atoms with Crippen molar-refractivity contribution in [3.63, 3.8) is 0 Å². The average molecular weight is 354 g/mol. The standard InChI is InChI=1S/C13H24BrNO3S/c1-11(2)15-12(16)8-19(17,18)10-13(9-14)6-4-3-5-7-13/h11H,3-10H2,1-2H3,(H,15,16). The molecule has 6 heteroatoms. The van der Waals surface area contributed by atoms with Crippen molar-refractivity contribution in [3.05, 3.63) is 0 Å². The van der Waals surface area contributed by atoms with Crippen LogP contribution < -0.4 is 5.32 Å². The average Bonchev–Trinajstić information content (AvgIpc) is 2.27. The van der Waals surface area contributed by atoms with Crippen LogP contribution in [0.15, 0.2) is 0 Å². The zero-order chi connectivity index (χ0) is 14.5. The van der Waals surface area contributed by atoms with Gasteiger partial charge in [0.1, 0.15) is 5.75 Å². The molecule has 0 radical (unpaired) electrons. The Kier molecular flexibility index (Phi) is 6.30. The van der Waals surface area contributed by atoms with Gasteiger partial charge in [0.05, 0.1) is 5.75 Å². The number of carbonyl (C=O) groups excluding carboxylic acids is 1. The molecule has 1 amide bonds. The summed E-state index contributed by atoms with van der Waals surface area (Å²) in [6, 6.07) is -0.0254. The highest BCUT2D eigenvalue weighted by atomic mass is 79.9. The topological polar surface area (TPSA) is 63.2 Å². The zero-order valence-electron chi connectivity index (χ0n) is 11.7. The molecule has 112 valence electrons. The van der Waals surface area contributed by atoms with Gasteiger partial charge in [-0.25, -0.2) is 8.42 Å². The van der Waals surface area contributed by atoms with Gasteiger partial charge in [0.15, 0.2) is 9.84 Å². The van der Waals surface area contributed by atoms with Crippen LogP contribution in [0.4, 0.5) is 0 Å². The number of hydrogen-bond acceptors (Lipinski definition) is 3. The third kappa shape index (κ3) is 5.81. The van der Waals surface area contributed by atoms with Crippen LogP contribution in [0.1, 0.15) is 46.0 Å². The second-order valence-corrected chi connectivity index (χ2v) is 8.57. The Morgan fingerprint density at radius 1 is 1.26 bits per heavy atom. The van der Waals surface area contributed by atoms with Crippen LogP contribution in [0.3, 0.4) is 0 Å². The van der Waals surface area contributed by atoms with Crippen molar-refractivity contribution in [1.82, 2.24) is 5.32 Å². The molecular weight excluding hydrogens is 330 g/mol. The highest BCUT2D eigenvalue weighted by Gasteiger charge is 2.36. The van der Waals surface area contributed by atoms with Crippen molar-refractivity contribution in [2.75, 3.05) is 16.8 Å². The van der Waals surface area contributed by atoms with E-state index in [9.17, 15) is 13.2 Å². The fourth-order valence-corrected chi connectivity index (χ4v) is 5.63. The number of alkyl halides is 1. The van der Waals surface area contributed by atoms with E-state index in [2.05, 4.69) is 21.2 Å². The van der Waals surface area contributed by atoms with Crippen LogP contribution >= 0.6 is 15.9 Å². The minimum Gasteiger partial charge on any atom is -0.353 e. The molecule has 1 fully saturated rings. The molecule has 0 aromatic carbocycles. The Labute approximate surface area is 124 Å². The number of carbonyl (C=O) groups is 1. The highest BCUT2D eigenvalue weighted by Crippen LogP contribution is 2.39. The Morgan fingerprint density at radius 3 is 2.32 bits per heavy atom. The van der Waals surface area contributed by atoms with E-state index in [1.807, 2.05) is 13.8 Å². The molecule has 1 saturated carbocycles. The minimum absolute atomic E-state index is 0.0254. The number of amides is 1. The van der Waals surface area contributed by atoms with Crippen molar-refractivity contribution in [1.29, 1.82) is 0 Å². The molecule has 19 heavy (non-hydrogen) atoms. The van der Waals surface area contributed by atoms with Gasteiger partial charge in [-0.1, -0.05) is 35.2 Å². The summed E-state index contributed by atoms with van der Waals surface area (Å²) in [5, 5.41) is 3.34. The molecule has 0 aromatic rings. The second-order valence-electron chi connectivity index (χ2n) is 5.95. The normalized spacial score (nSPS) is 19.4. The Balaban J connectivity index is 2.64. The van der Waals surface area contributed by atoms with Gasteiger partial charge >= 0.3 is 0 Å². The lowest BCUT2D eigenvalue weighted by atomic mass is 9.77. The smallest absolute Gasteiger partial charge is 0.235 e. The molecule has 0 saturated heterocycles. The maximum absolute atomic E-state index is 12.2. The largest absolute Gasteiger partial charge is 0.353 e. The van der Waals surface area contributed by atoms with Crippen LogP contribution in [0.25, 0.3) is 0 Å². The first kappa shape index (κ1) is 17.0. The van der Waals surface area contributed by atoms with Gasteiger partial charge in [-0.2, -0.15) is 0 Å². The fourth-order valence-electron chi connectivity index (χ4n) is 2.70. The molecule has 0 unspecified atom stereocenters. The first-order valence-electron chi connectivity index (χ1n) is 6.84. The molecular formula is C13H24BrNO3S. The summed E-state index contributed by atoms with van der Waals surface area (Å²) in [6.45, 7) is 3.65. The summed E-state index contributed by atoms with van der Waals surface area (Å²) in [7, 11) is -3.34. The van der Waals surface area contributed by atoms with Crippen LogP contribution in [0, 0.1) is 5.41 Å². The Morgan fingerprint density at radius 2 is 1.84 bits per heavy atom. The van der Waals surface area contributed by atoms with E-state index in [4.69, 9.17) is 0 Å². The lowest BCUT2D eigenvalue weighted by molar-refractivity contribution is -0.119. The summed E-state index contributed by atoms with van der Waals surface area (Å²) in [5.74, 6) is -0.660. The van der Waals surface area contributed by atoms with Gasteiger partial charge in [-0.15, -0.1) is 0 Å².